The topological polar surface area (TPSA) is 58.2 Å². The molecule has 102 valence electrons. The maximum Gasteiger partial charge on any atom is 0.224 e. The van der Waals surface area contributed by atoms with E-state index in [1.54, 1.807) is 0 Å². The van der Waals surface area contributed by atoms with Crippen LogP contribution in [0.3, 0.4) is 0 Å². The van der Waals surface area contributed by atoms with Crippen molar-refractivity contribution >= 4 is 11.8 Å². The molecule has 0 heterocycles. The number of rotatable bonds is 4. The van der Waals surface area contributed by atoms with Gasteiger partial charge in [0, 0.05) is 12.1 Å². The highest BCUT2D eigenvalue weighted by Gasteiger charge is 2.48. The van der Waals surface area contributed by atoms with Crippen molar-refractivity contribution in [2.75, 3.05) is 0 Å². The van der Waals surface area contributed by atoms with Gasteiger partial charge in [0.2, 0.25) is 11.8 Å². The second-order valence-corrected chi connectivity index (χ2v) is 5.96. The van der Waals surface area contributed by atoms with Crippen LogP contribution in [0.25, 0.3) is 0 Å². The van der Waals surface area contributed by atoms with Gasteiger partial charge in [0.25, 0.3) is 0 Å². The predicted octanol–water partition coefficient (Wildman–Crippen LogP) is 1.60. The first-order valence-electron chi connectivity index (χ1n) is 7.18. The van der Waals surface area contributed by atoms with Crippen LogP contribution in [0.15, 0.2) is 0 Å². The molecular formula is C14H24N2O2. The zero-order valence-electron chi connectivity index (χ0n) is 11.4. The van der Waals surface area contributed by atoms with Gasteiger partial charge in [-0.05, 0) is 33.1 Å². The Labute approximate surface area is 109 Å². The molecule has 4 nitrogen and oxygen atoms in total. The van der Waals surface area contributed by atoms with Crippen LogP contribution in [0, 0.1) is 11.8 Å². The molecule has 0 aromatic carbocycles. The van der Waals surface area contributed by atoms with Gasteiger partial charge in [-0.15, -0.1) is 0 Å². The molecule has 0 aliphatic heterocycles. The quantitative estimate of drug-likeness (QED) is 0.798. The maximum absolute atomic E-state index is 12.0. The summed E-state index contributed by atoms with van der Waals surface area (Å²) in [5.41, 5.74) is 0. The Bertz CT molecular complexity index is 322. The summed E-state index contributed by atoms with van der Waals surface area (Å²) in [6.07, 6.45) is 6.63. The van der Waals surface area contributed by atoms with E-state index >= 15 is 0 Å². The Morgan fingerprint density at radius 1 is 1.00 bits per heavy atom. The Morgan fingerprint density at radius 3 is 2.22 bits per heavy atom. The summed E-state index contributed by atoms with van der Waals surface area (Å²) in [6.45, 7) is 3.88. The molecule has 0 saturated heterocycles. The monoisotopic (exact) mass is 252 g/mol. The van der Waals surface area contributed by atoms with E-state index in [0.29, 0.717) is 6.04 Å². The maximum atomic E-state index is 12.0. The normalized spacial score (nSPS) is 27.9. The van der Waals surface area contributed by atoms with E-state index in [4.69, 9.17) is 0 Å². The molecule has 18 heavy (non-hydrogen) atoms. The van der Waals surface area contributed by atoms with Crippen molar-refractivity contribution in [2.45, 2.75) is 64.5 Å². The van der Waals surface area contributed by atoms with E-state index in [2.05, 4.69) is 10.6 Å². The third-order valence-electron chi connectivity index (χ3n) is 3.85. The average Bonchev–Trinajstić information content (AvgIpc) is 3.09. The first-order chi connectivity index (χ1) is 8.58. The number of nitrogens with one attached hydrogen (secondary N) is 2. The third-order valence-corrected chi connectivity index (χ3v) is 3.85. The molecule has 0 radical (unpaired) electrons. The lowest BCUT2D eigenvalue weighted by Crippen LogP contribution is -2.38. The summed E-state index contributed by atoms with van der Waals surface area (Å²) < 4.78 is 0. The van der Waals surface area contributed by atoms with Crippen LogP contribution in [-0.4, -0.2) is 23.9 Å². The van der Waals surface area contributed by atoms with Gasteiger partial charge in [0.15, 0.2) is 0 Å². The molecule has 2 atom stereocenters. The zero-order chi connectivity index (χ0) is 13.1. The van der Waals surface area contributed by atoms with E-state index in [1.165, 1.54) is 19.3 Å². The molecule has 0 aromatic heterocycles. The highest BCUT2D eigenvalue weighted by molar-refractivity contribution is 5.92. The standard InChI is InChI=1S/C14H24N2O2/c1-9(2)15-13(17)11-8-12(11)14(18)16-10-6-4-3-5-7-10/h9-12H,3-8H2,1-2H3,(H,15,17)(H,16,18). The SMILES string of the molecule is CC(C)NC(=O)C1CC1C(=O)NC1CCCCC1. The van der Waals surface area contributed by atoms with Crippen LogP contribution in [0.5, 0.6) is 0 Å². The van der Waals surface area contributed by atoms with Gasteiger partial charge < -0.3 is 10.6 Å². The second kappa shape index (κ2) is 5.72. The summed E-state index contributed by atoms with van der Waals surface area (Å²) >= 11 is 0. The van der Waals surface area contributed by atoms with Gasteiger partial charge in [0.1, 0.15) is 0 Å². The largest absolute Gasteiger partial charge is 0.354 e. The van der Waals surface area contributed by atoms with E-state index in [-0.39, 0.29) is 29.7 Å². The zero-order valence-corrected chi connectivity index (χ0v) is 11.4. The van der Waals surface area contributed by atoms with E-state index < -0.39 is 0 Å². The van der Waals surface area contributed by atoms with Crippen LogP contribution in [0.1, 0.15) is 52.4 Å². The van der Waals surface area contributed by atoms with Gasteiger partial charge in [-0.3, -0.25) is 9.59 Å². The lowest BCUT2D eigenvalue weighted by Gasteiger charge is -2.22. The third kappa shape index (κ3) is 3.47. The van der Waals surface area contributed by atoms with Crippen molar-refractivity contribution in [2.24, 2.45) is 11.8 Å². The highest BCUT2D eigenvalue weighted by atomic mass is 16.2. The van der Waals surface area contributed by atoms with Crippen molar-refractivity contribution < 1.29 is 9.59 Å². The van der Waals surface area contributed by atoms with E-state index in [1.807, 2.05) is 13.8 Å². The molecule has 2 saturated carbocycles. The highest BCUT2D eigenvalue weighted by Crippen LogP contribution is 2.39. The number of carbonyl (C=O) groups excluding carboxylic acids is 2. The summed E-state index contributed by atoms with van der Waals surface area (Å²) in [6, 6.07) is 0.501. The Kier molecular flexibility index (Phi) is 4.25. The molecule has 2 unspecified atom stereocenters. The van der Waals surface area contributed by atoms with Crippen LogP contribution in [0.4, 0.5) is 0 Å². The van der Waals surface area contributed by atoms with Gasteiger partial charge in [-0.1, -0.05) is 19.3 Å². The number of hydrogen-bond donors (Lipinski definition) is 2. The molecule has 2 aliphatic carbocycles. The van der Waals surface area contributed by atoms with Gasteiger partial charge in [-0.25, -0.2) is 0 Å². The lowest BCUT2D eigenvalue weighted by atomic mass is 9.95. The van der Waals surface area contributed by atoms with Gasteiger partial charge in [0.05, 0.1) is 11.8 Å². The van der Waals surface area contributed by atoms with Crippen molar-refractivity contribution in [3.05, 3.63) is 0 Å². The fourth-order valence-electron chi connectivity index (χ4n) is 2.72. The molecule has 0 aromatic rings. The summed E-state index contributed by atoms with van der Waals surface area (Å²) in [5.74, 6) is -0.0405. The Morgan fingerprint density at radius 2 is 1.61 bits per heavy atom. The molecule has 0 bridgehead atoms. The summed E-state index contributed by atoms with van der Waals surface area (Å²) in [7, 11) is 0. The molecular weight excluding hydrogens is 228 g/mol. The Hall–Kier alpha value is -1.06. The Balaban J connectivity index is 1.73. The fourth-order valence-corrected chi connectivity index (χ4v) is 2.72. The minimum Gasteiger partial charge on any atom is -0.354 e. The van der Waals surface area contributed by atoms with Crippen molar-refractivity contribution in [3.8, 4) is 0 Å². The molecule has 2 amide bonds. The summed E-state index contributed by atoms with van der Waals surface area (Å²) in [4.78, 5) is 23.7. The average molecular weight is 252 g/mol. The van der Waals surface area contributed by atoms with Gasteiger partial charge >= 0.3 is 0 Å². The number of amides is 2. The van der Waals surface area contributed by atoms with Crippen LogP contribution in [0.2, 0.25) is 0 Å². The van der Waals surface area contributed by atoms with Crippen molar-refractivity contribution in [3.63, 3.8) is 0 Å². The first kappa shape index (κ1) is 13.4. The molecule has 2 rings (SSSR count). The molecule has 2 aliphatic rings. The fraction of sp³-hybridized carbons (Fsp3) is 0.857. The van der Waals surface area contributed by atoms with Crippen LogP contribution < -0.4 is 10.6 Å². The molecule has 0 spiro atoms. The van der Waals surface area contributed by atoms with Crippen LogP contribution >= 0.6 is 0 Å². The molecule has 4 heteroatoms. The second-order valence-electron chi connectivity index (χ2n) is 5.96. The van der Waals surface area contributed by atoms with Gasteiger partial charge in [-0.2, -0.15) is 0 Å². The first-order valence-corrected chi connectivity index (χ1v) is 7.18. The minimum atomic E-state index is -0.0870. The van der Waals surface area contributed by atoms with E-state index in [0.717, 1.165) is 19.3 Å². The molecule has 2 N–H and O–H groups in total. The smallest absolute Gasteiger partial charge is 0.224 e. The summed E-state index contributed by atoms with van der Waals surface area (Å²) in [5, 5.41) is 5.97. The van der Waals surface area contributed by atoms with Crippen LogP contribution in [-0.2, 0) is 9.59 Å². The number of carbonyl (C=O) groups is 2. The van der Waals surface area contributed by atoms with Crippen molar-refractivity contribution in [1.82, 2.24) is 10.6 Å². The number of hydrogen-bond acceptors (Lipinski definition) is 2. The minimum absolute atomic E-state index is 0.0359. The van der Waals surface area contributed by atoms with Crippen molar-refractivity contribution in [1.29, 1.82) is 0 Å². The lowest BCUT2D eigenvalue weighted by molar-refractivity contribution is -0.128. The van der Waals surface area contributed by atoms with E-state index in [9.17, 15) is 9.59 Å². The predicted molar refractivity (Wildman–Crippen MR) is 69.9 cm³/mol. The molecule has 2 fully saturated rings.